The van der Waals surface area contributed by atoms with E-state index < -0.39 is 0 Å². The van der Waals surface area contributed by atoms with Gasteiger partial charge in [0.25, 0.3) is 0 Å². The summed E-state index contributed by atoms with van der Waals surface area (Å²) in [6.45, 7) is 11.9. The van der Waals surface area contributed by atoms with Crippen molar-refractivity contribution in [2.75, 3.05) is 0 Å². The average molecular weight is 440 g/mol. The molecule has 0 radical (unpaired) electrons. The van der Waals surface area contributed by atoms with Gasteiger partial charge in [0, 0.05) is 29.1 Å². The smallest absolute Gasteiger partial charge is 0.187 e. The molecule has 164 valence electrons. The van der Waals surface area contributed by atoms with E-state index in [-0.39, 0.29) is 0 Å². The lowest BCUT2D eigenvalue weighted by Gasteiger charge is -2.21. The molecule has 5 rings (SSSR count). The van der Waals surface area contributed by atoms with Gasteiger partial charge in [0.15, 0.2) is 5.69 Å². The van der Waals surface area contributed by atoms with Crippen molar-refractivity contribution < 1.29 is 0 Å². The number of hydrogen-bond donors (Lipinski definition) is 0. The summed E-state index contributed by atoms with van der Waals surface area (Å²) in [5.41, 5.74) is 8.54. The summed E-state index contributed by atoms with van der Waals surface area (Å²) in [7, 11) is 0. The third kappa shape index (κ3) is 4.02. The predicted octanol–water partition coefficient (Wildman–Crippen LogP) is 8.55. The Labute approximate surface area is 200 Å². The molecule has 0 aliphatic carbocycles. The van der Waals surface area contributed by atoms with Crippen LogP contribution < -0.4 is 0 Å². The molecule has 0 fully saturated rings. The Morgan fingerprint density at radius 2 is 1.32 bits per heavy atom. The summed E-state index contributed by atoms with van der Waals surface area (Å²) in [5.74, 6) is 1.20. The van der Waals surface area contributed by atoms with Crippen molar-refractivity contribution in [1.29, 1.82) is 0 Å². The summed E-state index contributed by atoms with van der Waals surface area (Å²) in [4.78, 5) is 8.34. The first-order valence-corrected chi connectivity index (χ1v) is 11.5. The first-order valence-electron chi connectivity index (χ1n) is 11.5. The maximum absolute atomic E-state index is 7.44. The van der Waals surface area contributed by atoms with Gasteiger partial charge in [-0.05, 0) is 40.8 Å². The molecule has 0 aliphatic heterocycles. The number of aromatic nitrogens is 2. The lowest BCUT2D eigenvalue weighted by molar-refractivity contribution is 0.866. The molecule has 1 heterocycles. The average Bonchev–Trinajstić information content (AvgIpc) is 3.38. The summed E-state index contributed by atoms with van der Waals surface area (Å²) in [5, 5.41) is 0. The van der Waals surface area contributed by atoms with Crippen molar-refractivity contribution in [3.63, 3.8) is 0 Å². The van der Waals surface area contributed by atoms with Gasteiger partial charge in [-0.1, -0.05) is 92.7 Å². The molecule has 3 nitrogen and oxygen atoms in total. The SMILES string of the molecule is [C-]#[N+]c1cccc(-c2nccn2-c2c(-c3ccccc3)cc(C(C)C)cc2-c2ccccc2)c1. The lowest BCUT2D eigenvalue weighted by Crippen LogP contribution is -2.04. The zero-order valence-corrected chi connectivity index (χ0v) is 19.3. The van der Waals surface area contributed by atoms with Crippen LogP contribution in [0.1, 0.15) is 25.3 Å². The van der Waals surface area contributed by atoms with E-state index in [0.29, 0.717) is 11.6 Å². The maximum atomic E-state index is 7.44. The third-order valence-corrected chi connectivity index (χ3v) is 6.08. The number of rotatable bonds is 5. The van der Waals surface area contributed by atoms with E-state index in [4.69, 9.17) is 11.6 Å². The van der Waals surface area contributed by atoms with E-state index in [1.807, 2.05) is 48.8 Å². The van der Waals surface area contributed by atoms with E-state index >= 15 is 0 Å². The van der Waals surface area contributed by atoms with Crippen LogP contribution in [0, 0.1) is 6.57 Å². The van der Waals surface area contributed by atoms with E-state index in [1.54, 1.807) is 0 Å². The number of imidazole rings is 1. The maximum Gasteiger partial charge on any atom is 0.187 e. The molecule has 0 unspecified atom stereocenters. The van der Waals surface area contributed by atoms with E-state index in [0.717, 1.165) is 39.3 Å². The molecule has 0 atom stereocenters. The van der Waals surface area contributed by atoms with E-state index in [9.17, 15) is 0 Å². The minimum absolute atomic E-state index is 0.386. The molecular weight excluding hydrogens is 414 g/mol. The van der Waals surface area contributed by atoms with Crippen LogP contribution in [0.2, 0.25) is 0 Å². The van der Waals surface area contributed by atoms with Crippen LogP contribution in [0.25, 0.3) is 44.2 Å². The molecule has 0 N–H and O–H groups in total. The first kappa shape index (κ1) is 21.4. The zero-order chi connectivity index (χ0) is 23.5. The summed E-state index contributed by atoms with van der Waals surface area (Å²) >= 11 is 0. The van der Waals surface area contributed by atoms with Crippen LogP contribution in [0.15, 0.2) is 109 Å². The van der Waals surface area contributed by atoms with Gasteiger partial charge in [-0.3, -0.25) is 4.57 Å². The third-order valence-electron chi connectivity index (χ3n) is 6.08. The van der Waals surface area contributed by atoms with Crippen LogP contribution >= 0.6 is 0 Å². The van der Waals surface area contributed by atoms with Gasteiger partial charge >= 0.3 is 0 Å². The fourth-order valence-electron chi connectivity index (χ4n) is 4.34. The molecule has 1 aromatic heterocycles. The fourth-order valence-corrected chi connectivity index (χ4v) is 4.34. The minimum atomic E-state index is 0.386. The van der Waals surface area contributed by atoms with Crippen molar-refractivity contribution in [2.24, 2.45) is 0 Å². The van der Waals surface area contributed by atoms with Gasteiger partial charge in [0.1, 0.15) is 5.82 Å². The molecule has 0 saturated heterocycles. The topological polar surface area (TPSA) is 22.2 Å². The fraction of sp³-hybridized carbons (Fsp3) is 0.0968. The van der Waals surface area contributed by atoms with E-state index in [1.165, 1.54) is 5.56 Å². The van der Waals surface area contributed by atoms with Crippen LogP contribution in [-0.2, 0) is 0 Å². The Bertz CT molecular complexity index is 1410. The normalized spacial score (nSPS) is 10.9. The van der Waals surface area contributed by atoms with Crippen molar-refractivity contribution in [3.8, 4) is 39.3 Å². The Morgan fingerprint density at radius 3 is 1.88 bits per heavy atom. The van der Waals surface area contributed by atoms with E-state index in [2.05, 4.69) is 83.9 Å². The van der Waals surface area contributed by atoms with Gasteiger partial charge in [0.05, 0.1) is 12.3 Å². The summed E-state index contributed by atoms with van der Waals surface area (Å²) < 4.78 is 2.16. The summed E-state index contributed by atoms with van der Waals surface area (Å²) in [6, 6.07) is 33.3. The molecule has 0 spiro atoms. The van der Waals surface area contributed by atoms with Crippen molar-refractivity contribution in [2.45, 2.75) is 19.8 Å². The van der Waals surface area contributed by atoms with Gasteiger partial charge in [-0.2, -0.15) is 0 Å². The monoisotopic (exact) mass is 439 g/mol. The molecule has 0 bridgehead atoms. The van der Waals surface area contributed by atoms with Gasteiger partial charge in [-0.15, -0.1) is 0 Å². The molecule has 0 aliphatic rings. The van der Waals surface area contributed by atoms with Crippen molar-refractivity contribution in [3.05, 3.63) is 126 Å². The molecule has 0 saturated carbocycles. The highest BCUT2D eigenvalue weighted by atomic mass is 15.1. The Kier molecular flexibility index (Phi) is 5.81. The Balaban J connectivity index is 1.86. The number of nitrogens with zero attached hydrogens (tertiary/aromatic N) is 3. The summed E-state index contributed by atoms with van der Waals surface area (Å²) in [6.07, 6.45) is 3.85. The van der Waals surface area contributed by atoms with Gasteiger partial charge < -0.3 is 0 Å². The number of benzene rings is 4. The minimum Gasteiger partial charge on any atom is -0.299 e. The van der Waals surface area contributed by atoms with Crippen LogP contribution in [0.3, 0.4) is 0 Å². The second-order valence-corrected chi connectivity index (χ2v) is 8.63. The molecule has 34 heavy (non-hydrogen) atoms. The lowest BCUT2D eigenvalue weighted by atomic mass is 9.89. The molecule has 0 amide bonds. The molecular formula is C31H25N3. The van der Waals surface area contributed by atoms with Gasteiger partial charge in [0.2, 0.25) is 0 Å². The Hall–Kier alpha value is -4.42. The molecule has 4 aromatic carbocycles. The Morgan fingerprint density at radius 1 is 0.735 bits per heavy atom. The highest BCUT2D eigenvalue weighted by Crippen LogP contribution is 2.40. The highest BCUT2D eigenvalue weighted by molar-refractivity contribution is 5.87. The van der Waals surface area contributed by atoms with Crippen molar-refractivity contribution >= 4 is 5.69 Å². The quantitative estimate of drug-likeness (QED) is 0.251. The molecule has 3 heteroatoms. The molecule has 5 aromatic rings. The van der Waals surface area contributed by atoms with Gasteiger partial charge in [-0.25, -0.2) is 9.83 Å². The van der Waals surface area contributed by atoms with Crippen LogP contribution in [0.5, 0.6) is 0 Å². The standard InChI is InChI=1S/C31H25N3/c1-22(2)26-20-28(23-11-6-4-7-12-23)30(29(21-26)24-13-8-5-9-14-24)34-18-17-33-31(34)25-15-10-16-27(19-25)32-3/h4-22H,1-2H3. The van der Waals surface area contributed by atoms with Crippen LogP contribution in [-0.4, -0.2) is 9.55 Å². The van der Waals surface area contributed by atoms with Crippen LogP contribution in [0.4, 0.5) is 5.69 Å². The second kappa shape index (κ2) is 9.21. The predicted molar refractivity (Wildman–Crippen MR) is 140 cm³/mol. The highest BCUT2D eigenvalue weighted by Gasteiger charge is 2.20. The zero-order valence-electron chi connectivity index (χ0n) is 19.3. The largest absolute Gasteiger partial charge is 0.299 e. The second-order valence-electron chi connectivity index (χ2n) is 8.63. The number of hydrogen-bond acceptors (Lipinski definition) is 1. The van der Waals surface area contributed by atoms with Crippen molar-refractivity contribution in [1.82, 2.24) is 9.55 Å². The first-order chi connectivity index (χ1) is 16.7.